The van der Waals surface area contributed by atoms with E-state index in [9.17, 15) is 8.42 Å². The van der Waals surface area contributed by atoms with Gasteiger partial charge in [-0.25, -0.2) is 8.42 Å². The number of hydrogen-bond donors (Lipinski definition) is 0. The van der Waals surface area contributed by atoms with Crippen LogP contribution in [0.25, 0.3) is 0 Å². The largest absolute Gasteiger partial charge is 0.227 e. The van der Waals surface area contributed by atoms with Crippen LogP contribution in [0.4, 0.5) is 0 Å². The molecule has 0 unspecified atom stereocenters. The third-order valence-corrected chi connectivity index (χ3v) is 4.01. The highest BCUT2D eigenvalue weighted by molar-refractivity contribution is 7.89. The molecule has 0 aliphatic heterocycles. The van der Waals surface area contributed by atoms with E-state index in [1.807, 2.05) is 16.8 Å². The lowest BCUT2D eigenvalue weighted by atomic mass is 10.3. The molecular weight excluding hydrogens is 220 g/mol. The monoisotopic (exact) mass is 230 g/mol. The molecule has 0 radical (unpaired) electrons. The second-order valence-corrected chi connectivity index (χ2v) is 5.66. The minimum absolute atomic E-state index is 0.327. The highest BCUT2D eigenvalue weighted by Gasteiger charge is 2.17. The average Bonchev–Trinajstić information content (AvgIpc) is 2.56. The smallest absolute Gasteiger partial charge is 0.211 e. The van der Waals surface area contributed by atoms with Gasteiger partial charge in [0.05, 0.1) is 6.07 Å². The van der Waals surface area contributed by atoms with Gasteiger partial charge in [0.25, 0.3) is 0 Å². The van der Waals surface area contributed by atoms with Crippen LogP contribution in [0.5, 0.6) is 0 Å². The maximum Gasteiger partial charge on any atom is 0.227 e. The molecule has 0 amide bonds. The first kappa shape index (κ1) is 11.2. The quantitative estimate of drug-likeness (QED) is 0.776. The van der Waals surface area contributed by atoms with E-state index in [1.54, 1.807) is 6.07 Å². The average molecular weight is 230 g/mol. The number of rotatable bonds is 4. The minimum atomic E-state index is -3.41. The highest BCUT2D eigenvalue weighted by atomic mass is 32.2. The fourth-order valence-electron chi connectivity index (χ4n) is 0.930. The number of thiophene rings is 1. The van der Waals surface area contributed by atoms with Gasteiger partial charge < -0.3 is 0 Å². The summed E-state index contributed by atoms with van der Waals surface area (Å²) in [4.78, 5) is 0. The Morgan fingerprint density at radius 2 is 2.36 bits per heavy atom. The number of nitrogens with zero attached hydrogens (tertiary/aromatic N) is 2. The summed E-state index contributed by atoms with van der Waals surface area (Å²) in [7, 11) is -1.93. The number of sulfonamides is 1. The Kier molecular flexibility index (Phi) is 3.63. The van der Waals surface area contributed by atoms with Crippen molar-refractivity contribution in [3.8, 4) is 6.07 Å². The van der Waals surface area contributed by atoms with E-state index in [1.165, 1.54) is 22.7 Å². The maximum atomic E-state index is 11.4. The fourth-order valence-corrected chi connectivity index (χ4v) is 2.32. The third-order valence-electron chi connectivity index (χ3n) is 1.71. The Morgan fingerprint density at radius 3 is 2.86 bits per heavy atom. The SMILES string of the molecule is CN(Cc1ccsc1)S(=O)(=O)CC#N. The first-order valence-electron chi connectivity index (χ1n) is 3.88. The van der Waals surface area contributed by atoms with Gasteiger partial charge in [0.15, 0.2) is 5.75 Å². The first-order valence-corrected chi connectivity index (χ1v) is 6.43. The number of hydrogen-bond acceptors (Lipinski definition) is 4. The zero-order chi connectivity index (χ0) is 10.6. The second kappa shape index (κ2) is 4.55. The molecule has 0 bridgehead atoms. The molecule has 14 heavy (non-hydrogen) atoms. The van der Waals surface area contributed by atoms with Crippen LogP contribution in [0.1, 0.15) is 5.56 Å². The van der Waals surface area contributed by atoms with Crippen LogP contribution in [0.2, 0.25) is 0 Å². The van der Waals surface area contributed by atoms with Crippen LogP contribution in [0.3, 0.4) is 0 Å². The molecule has 0 saturated heterocycles. The summed E-state index contributed by atoms with van der Waals surface area (Å²) >= 11 is 1.52. The van der Waals surface area contributed by atoms with Crippen LogP contribution in [-0.2, 0) is 16.6 Å². The summed E-state index contributed by atoms with van der Waals surface area (Å²) in [5, 5.41) is 12.1. The van der Waals surface area contributed by atoms with Gasteiger partial charge >= 0.3 is 0 Å². The molecule has 1 aromatic heterocycles. The van der Waals surface area contributed by atoms with Gasteiger partial charge in [-0.15, -0.1) is 0 Å². The van der Waals surface area contributed by atoms with Gasteiger partial charge in [-0.05, 0) is 22.4 Å². The van der Waals surface area contributed by atoms with Crippen molar-refractivity contribution in [3.63, 3.8) is 0 Å². The Hall–Kier alpha value is -0.900. The Morgan fingerprint density at radius 1 is 1.64 bits per heavy atom. The summed E-state index contributed by atoms with van der Waals surface area (Å²) in [6.45, 7) is 0.327. The fraction of sp³-hybridized carbons (Fsp3) is 0.375. The molecule has 76 valence electrons. The third kappa shape index (κ3) is 2.80. The minimum Gasteiger partial charge on any atom is -0.211 e. The van der Waals surface area contributed by atoms with Crippen LogP contribution < -0.4 is 0 Å². The summed E-state index contributed by atoms with van der Waals surface area (Å²) < 4.78 is 23.9. The summed E-state index contributed by atoms with van der Waals surface area (Å²) in [5.41, 5.74) is 0.944. The Bertz CT molecular complexity index is 417. The van der Waals surface area contributed by atoms with Crippen LogP contribution in [-0.4, -0.2) is 25.5 Å². The maximum absolute atomic E-state index is 11.4. The van der Waals surface area contributed by atoms with E-state index in [-0.39, 0.29) is 0 Å². The van der Waals surface area contributed by atoms with E-state index < -0.39 is 15.8 Å². The normalized spacial score (nSPS) is 11.5. The lowest BCUT2D eigenvalue weighted by molar-refractivity contribution is 0.470. The first-order chi connectivity index (χ1) is 6.56. The standard InChI is InChI=1S/C8H10N2O2S2/c1-10(14(11,12)5-3-9)6-8-2-4-13-7-8/h2,4,7H,5-6H2,1H3. The topological polar surface area (TPSA) is 61.2 Å². The highest BCUT2D eigenvalue weighted by Crippen LogP contribution is 2.10. The second-order valence-electron chi connectivity index (χ2n) is 2.80. The van der Waals surface area contributed by atoms with Gasteiger partial charge in [0, 0.05) is 13.6 Å². The lowest BCUT2D eigenvalue weighted by Crippen LogP contribution is -2.28. The molecule has 6 heteroatoms. The number of nitriles is 1. The van der Waals surface area contributed by atoms with Crippen molar-refractivity contribution < 1.29 is 8.42 Å². The molecule has 0 saturated carbocycles. The molecule has 1 heterocycles. The van der Waals surface area contributed by atoms with E-state index in [0.29, 0.717) is 6.54 Å². The van der Waals surface area contributed by atoms with Crippen molar-refractivity contribution >= 4 is 21.4 Å². The summed E-state index contributed by atoms with van der Waals surface area (Å²) in [5.74, 6) is -0.465. The van der Waals surface area contributed by atoms with Crippen LogP contribution >= 0.6 is 11.3 Å². The predicted molar refractivity (Wildman–Crippen MR) is 55.2 cm³/mol. The van der Waals surface area contributed by atoms with Gasteiger partial charge in [-0.3, -0.25) is 0 Å². The van der Waals surface area contributed by atoms with Crippen molar-refractivity contribution in [1.29, 1.82) is 5.26 Å². The Balaban J connectivity index is 2.68. The van der Waals surface area contributed by atoms with Crippen molar-refractivity contribution in [2.45, 2.75) is 6.54 Å². The van der Waals surface area contributed by atoms with Crippen molar-refractivity contribution in [3.05, 3.63) is 22.4 Å². The predicted octanol–water partition coefficient (Wildman–Crippen LogP) is 1.03. The van der Waals surface area contributed by atoms with E-state index in [4.69, 9.17) is 5.26 Å². The molecule has 0 aliphatic rings. The zero-order valence-corrected chi connectivity index (χ0v) is 9.31. The van der Waals surface area contributed by atoms with E-state index >= 15 is 0 Å². The lowest BCUT2D eigenvalue weighted by Gasteiger charge is -2.13. The molecular formula is C8H10N2O2S2. The molecule has 0 spiro atoms. The van der Waals surface area contributed by atoms with Gasteiger partial charge in [0.2, 0.25) is 10.0 Å². The summed E-state index contributed by atoms with van der Waals surface area (Å²) in [6, 6.07) is 3.51. The van der Waals surface area contributed by atoms with E-state index in [0.717, 1.165) is 5.56 Å². The van der Waals surface area contributed by atoms with Gasteiger partial charge in [0.1, 0.15) is 0 Å². The van der Waals surface area contributed by atoms with Gasteiger partial charge in [-0.1, -0.05) is 0 Å². The molecule has 4 nitrogen and oxygen atoms in total. The molecule has 0 atom stereocenters. The molecule has 0 N–H and O–H groups in total. The van der Waals surface area contributed by atoms with E-state index in [2.05, 4.69) is 0 Å². The summed E-state index contributed by atoms with van der Waals surface area (Å²) in [6.07, 6.45) is 0. The molecule has 1 aromatic rings. The van der Waals surface area contributed by atoms with Gasteiger partial charge in [-0.2, -0.15) is 20.9 Å². The van der Waals surface area contributed by atoms with Crippen molar-refractivity contribution in [1.82, 2.24) is 4.31 Å². The zero-order valence-electron chi connectivity index (χ0n) is 7.67. The molecule has 1 rings (SSSR count). The molecule has 0 aromatic carbocycles. The van der Waals surface area contributed by atoms with Crippen LogP contribution in [0.15, 0.2) is 16.8 Å². The van der Waals surface area contributed by atoms with Crippen molar-refractivity contribution in [2.75, 3.05) is 12.8 Å². The molecule has 0 fully saturated rings. The van der Waals surface area contributed by atoms with Crippen molar-refractivity contribution in [2.24, 2.45) is 0 Å². The van der Waals surface area contributed by atoms with Crippen LogP contribution in [0, 0.1) is 11.3 Å². The molecule has 0 aliphatic carbocycles. The Labute approximate surface area is 87.4 Å².